The lowest BCUT2D eigenvalue weighted by Gasteiger charge is -2.10. The van der Waals surface area contributed by atoms with Crippen LogP contribution in [0.25, 0.3) is 0 Å². The first-order valence-electron chi connectivity index (χ1n) is 5.26. The van der Waals surface area contributed by atoms with Gasteiger partial charge in [-0.25, -0.2) is 13.1 Å². The molecule has 0 fully saturated rings. The van der Waals surface area contributed by atoms with Gasteiger partial charge in [-0.1, -0.05) is 15.9 Å². The highest BCUT2D eigenvalue weighted by Gasteiger charge is 2.20. The van der Waals surface area contributed by atoms with Crippen molar-refractivity contribution in [1.29, 1.82) is 0 Å². The van der Waals surface area contributed by atoms with Gasteiger partial charge in [-0.05, 0) is 24.3 Å². The molecule has 19 heavy (non-hydrogen) atoms. The smallest absolute Gasteiger partial charge is 0.320 e. The lowest BCUT2D eigenvalue weighted by molar-refractivity contribution is -0.139. The highest BCUT2D eigenvalue weighted by molar-refractivity contribution is 9.10. The molecular weight excluding hydrogens is 338 g/mol. The molecule has 0 aliphatic carbocycles. The predicted octanol–water partition coefficient (Wildman–Crippen LogP) is 0.910. The molecule has 8 heteroatoms. The topological polar surface area (TPSA) is 81.7 Å². The maximum absolute atomic E-state index is 11.9. The van der Waals surface area contributed by atoms with Crippen molar-refractivity contribution >= 4 is 31.9 Å². The summed E-state index contributed by atoms with van der Waals surface area (Å²) in [6.45, 7) is -0.0962. The lowest BCUT2D eigenvalue weighted by Crippen LogP contribution is -2.33. The second-order valence-electron chi connectivity index (χ2n) is 3.52. The van der Waals surface area contributed by atoms with Gasteiger partial charge >= 0.3 is 5.97 Å². The quantitative estimate of drug-likeness (QED) is 0.608. The molecule has 0 radical (unpaired) electrons. The highest BCUT2D eigenvalue weighted by Crippen LogP contribution is 2.15. The van der Waals surface area contributed by atoms with Crippen LogP contribution in [0.15, 0.2) is 29.2 Å². The third-order valence-electron chi connectivity index (χ3n) is 2.28. The summed E-state index contributed by atoms with van der Waals surface area (Å²) in [7, 11) is -0.941. The van der Waals surface area contributed by atoms with Crippen molar-refractivity contribution in [3.05, 3.63) is 24.3 Å². The maximum atomic E-state index is 11.9. The van der Waals surface area contributed by atoms with Gasteiger partial charge in [0.2, 0.25) is 10.0 Å². The van der Waals surface area contributed by atoms with Gasteiger partial charge in [0, 0.05) is 6.54 Å². The molecule has 0 spiro atoms. The number of alkyl halides is 1. The average molecular weight is 352 g/mol. The minimum Gasteiger partial charge on any atom is -0.497 e. The van der Waals surface area contributed by atoms with Gasteiger partial charge in [0.1, 0.15) is 10.6 Å². The van der Waals surface area contributed by atoms with E-state index >= 15 is 0 Å². The van der Waals surface area contributed by atoms with E-state index in [2.05, 4.69) is 25.4 Å². The molecule has 1 aromatic carbocycles. The zero-order chi connectivity index (χ0) is 14.5. The van der Waals surface area contributed by atoms with E-state index in [-0.39, 0.29) is 11.4 Å². The molecule has 1 aromatic rings. The summed E-state index contributed by atoms with van der Waals surface area (Å²) in [4.78, 5) is 10.5. The fraction of sp³-hybridized carbons (Fsp3) is 0.364. The molecule has 0 amide bonds. The molecule has 0 aromatic heterocycles. The molecule has 0 saturated heterocycles. The van der Waals surface area contributed by atoms with Crippen molar-refractivity contribution in [2.75, 3.05) is 20.8 Å². The van der Waals surface area contributed by atoms with E-state index in [1.807, 2.05) is 0 Å². The Bertz CT molecular complexity index is 529. The standard InChI is InChI=1S/C11H14BrNO5S/c1-17-8-3-5-9(6-4-8)19(15,16)13-7-10(12)11(14)18-2/h3-6,10,13H,7H2,1-2H3. The van der Waals surface area contributed by atoms with Gasteiger partial charge in [0.25, 0.3) is 0 Å². The summed E-state index contributed by atoms with van der Waals surface area (Å²) in [5.74, 6) is 0.0179. The number of benzene rings is 1. The number of sulfonamides is 1. The number of rotatable bonds is 6. The monoisotopic (exact) mass is 351 g/mol. The van der Waals surface area contributed by atoms with Crippen LogP contribution < -0.4 is 9.46 Å². The van der Waals surface area contributed by atoms with Crippen LogP contribution in [0.4, 0.5) is 0 Å². The molecule has 1 rings (SSSR count). The Morgan fingerprint density at radius 2 is 1.89 bits per heavy atom. The van der Waals surface area contributed by atoms with Gasteiger partial charge in [-0.2, -0.15) is 0 Å². The van der Waals surface area contributed by atoms with Crippen LogP contribution in [0, 0.1) is 0 Å². The fourth-order valence-corrected chi connectivity index (χ4v) is 2.84. The van der Waals surface area contributed by atoms with E-state index in [4.69, 9.17) is 4.74 Å². The van der Waals surface area contributed by atoms with E-state index in [0.717, 1.165) is 0 Å². The van der Waals surface area contributed by atoms with Gasteiger partial charge < -0.3 is 9.47 Å². The summed E-state index contributed by atoms with van der Waals surface area (Å²) >= 11 is 3.03. The maximum Gasteiger partial charge on any atom is 0.320 e. The van der Waals surface area contributed by atoms with Crippen molar-refractivity contribution in [2.45, 2.75) is 9.72 Å². The number of ether oxygens (including phenoxy) is 2. The van der Waals surface area contributed by atoms with E-state index in [0.29, 0.717) is 5.75 Å². The van der Waals surface area contributed by atoms with Crippen molar-refractivity contribution in [3.8, 4) is 5.75 Å². The van der Waals surface area contributed by atoms with E-state index < -0.39 is 20.8 Å². The Morgan fingerprint density at radius 3 is 2.37 bits per heavy atom. The van der Waals surface area contributed by atoms with Crippen LogP contribution >= 0.6 is 15.9 Å². The van der Waals surface area contributed by atoms with Crippen LogP contribution in [0.1, 0.15) is 0 Å². The summed E-state index contributed by atoms with van der Waals surface area (Å²) in [6, 6.07) is 5.92. The van der Waals surface area contributed by atoms with Crippen LogP contribution in [-0.2, 0) is 19.6 Å². The normalized spacial score (nSPS) is 12.8. The number of halogens is 1. The van der Waals surface area contributed by atoms with Crippen molar-refractivity contribution in [2.24, 2.45) is 0 Å². The number of carbonyl (C=O) groups excluding carboxylic acids is 1. The largest absolute Gasteiger partial charge is 0.497 e. The van der Waals surface area contributed by atoms with Crippen molar-refractivity contribution in [3.63, 3.8) is 0 Å². The van der Waals surface area contributed by atoms with Gasteiger partial charge in [-0.15, -0.1) is 0 Å². The van der Waals surface area contributed by atoms with Crippen LogP contribution in [0.5, 0.6) is 5.75 Å². The Labute approximate surface area is 120 Å². The Balaban J connectivity index is 2.72. The first-order chi connectivity index (χ1) is 8.90. The first-order valence-corrected chi connectivity index (χ1v) is 7.66. The molecule has 6 nitrogen and oxygen atoms in total. The molecule has 1 atom stereocenters. The highest BCUT2D eigenvalue weighted by atomic mass is 79.9. The third-order valence-corrected chi connectivity index (χ3v) is 4.42. The lowest BCUT2D eigenvalue weighted by atomic mass is 10.3. The molecule has 0 bridgehead atoms. The molecular formula is C11H14BrNO5S. The number of esters is 1. The Hall–Kier alpha value is -1.12. The van der Waals surface area contributed by atoms with Crippen LogP contribution in [0.3, 0.4) is 0 Å². The van der Waals surface area contributed by atoms with Crippen LogP contribution in [0.2, 0.25) is 0 Å². The number of methoxy groups -OCH3 is 2. The van der Waals surface area contributed by atoms with Gasteiger partial charge in [0.15, 0.2) is 0 Å². The SMILES string of the molecule is COC(=O)C(Br)CNS(=O)(=O)c1ccc(OC)cc1. The second kappa shape index (κ2) is 6.88. The predicted molar refractivity (Wildman–Crippen MR) is 72.9 cm³/mol. The van der Waals surface area contributed by atoms with E-state index in [1.165, 1.54) is 26.4 Å². The minimum absolute atomic E-state index is 0.0952. The average Bonchev–Trinajstić information content (AvgIpc) is 2.44. The number of hydrogen-bond donors (Lipinski definition) is 1. The second-order valence-corrected chi connectivity index (χ2v) is 6.39. The summed E-state index contributed by atoms with van der Waals surface area (Å²) < 4.78 is 35.6. The zero-order valence-electron chi connectivity index (χ0n) is 10.4. The fourth-order valence-electron chi connectivity index (χ4n) is 1.23. The zero-order valence-corrected chi connectivity index (χ0v) is 12.8. The van der Waals surface area contributed by atoms with E-state index in [9.17, 15) is 13.2 Å². The molecule has 1 unspecified atom stereocenters. The number of carbonyl (C=O) groups is 1. The number of hydrogen-bond acceptors (Lipinski definition) is 5. The van der Waals surface area contributed by atoms with Gasteiger partial charge in [0.05, 0.1) is 19.1 Å². The van der Waals surface area contributed by atoms with E-state index in [1.54, 1.807) is 12.1 Å². The molecule has 0 aliphatic rings. The molecule has 0 aliphatic heterocycles. The number of nitrogens with one attached hydrogen (secondary N) is 1. The first kappa shape index (κ1) is 15.9. The molecule has 1 N–H and O–H groups in total. The summed E-state index contributed by atoms with van der Waals surface area (Å²) in [6.07, 6.45) is 0. The third kappa shape index (κ3) is 4.48. The van der Waals surface area contributed by atoms with Crippen molar-refractivity contribution < 1.29 is 22.7 Å². The minimum atomic E-state index is -3.67. The molecule has 0 saturated carbocycles. The molecule has 106 valence electrons. The molecule has 0 heterocycles. The Morgan fingerprint density at radius 1 is 1.32 bits per heavy atom. The Kier molecular flexibility index (Phi) is 5.77. The summed E-state index contributed by atoms with van der Waals surface area (Å²) in [5.41, 5.74) is 0. The summed E-state index contributed by atoms with van der Waals surface area (Å²) in [5, 5.41) is 0. The van der Waals surface area contributed by atoms with Crippen LogP contribution in [-0.4, -0.2) is 40.0 Å². The van der Waals surface area contributed by atoms with Gasteiger partial charge in [-0.3, -0.25) is 4.79 Å². The van der Waals surface area contributed by atoms with Crippen molar-refractivity contribution in [1.82, 2.24) is 4.72 Å².